The molecule has 0 aliphatic carbocycles. The molecular weight excluding hydrogens is 296 g/mol. The van der Waals surface area contributed by atoms with Crippen molar-refractivity contribution in [3.05, 3.63) is 42.2 Å². The highest BCUT2D eigenvalue weighted by molar-refractivity contribution is 7.80. The summed E-state index contributed by atoms with van der Waals surface area (Å²) in [5.74, 6) is 1.40. The molecule has 0 fully saturated rings. The number of benzene rings is 1. The van der Waals surface area contributed by atoms with Gasteiger partial charge in [-0.25, -0.2) is 0 Å². The van der Waals surface area contributed by atoms with E-state index >= 15 is 0 Å². The van der Waals surface area contributed by atoms with Crippen LogP contribution < -0.4 is 15.4 Å². The molecule has 0 unspecified atom stereocenters. The molecule has 0 bridgehead atoms. The Hall–Kier alpha value is -2.08. The molecular formula is C16H22N4OS. The van der Waals surface area contributed by atoms with Gasteiger partial charge in [0.25, 0.3) is 0 Å². The molecule has 0 amide bonds. The number of thiocarbonyl (C=S) groups is 1. The molecule has 5 nitrogen and oxygen atoms in total. The van der Waals surface area contributed by atoms with Crippen LogP contribution in [0.3, 0.4) is 0 Å². The van der Waals surface area contributed by atoms with Gasteiger partial charge in [0, 0.05) is 12.7 Å². The number of anilines is 1. The van der Waals surface area contributed by atoms with Crippen molar-refractivity contribution in [2.24, 2.45) is 5.92 Å². The zero-order chi connectivity index (χ0) is 15.9. The lowest BCUT2D eigenvalue weighted by Gasteiger charge is -2.10. The van der Waals surface area contributed by atoms with E-state index in [1.807, 2.05) is 35.1 Å². The average Bonchev–Trinajstić information content (AvgIpc) is 2.92. The summed E-state index contributed by atoms with van der Waals surface area (Å²) in [5.41, 5.74) is 2.01. The fourth-order valence-electron chi connectivity index (χ4n) is 1.94. The van der Waals surface area contributed by atoms with Gasteiger partial charge in [0.15, 0.2) is 5.11 Å². The van der Waals surface area contributed by atoms with E-state index in [4.69, 9.17) is 17.0 Å². The first-order valence-corrected chi connectivity index (χ1v) is 7.68. The van der Waals surface area contributed by atoms with E-state index in [0.29, 0.717) is 17.6 Å². The van der Waals surface area contributed by atoms with Crippen LogP contribution in [0.2, 0.25) is 0 Å². The number of nitrogens with zero attached hydrogens (tertiary/aromatic N) is 2. The van der Waals surface area contributed by atoms with Crippen molar-refractivity contribution in [2.75, 3.05) is 19.0 Å². The summed E-state index contributed by atoms with van der Waals surface area (Å²) in [6, 6.07) is 7.95. The van der Waals surface area contributed by atoms with Gasteiger partial charge in [-0.05, 0) is 35.8 Å². The highest BCUT2D eigenvalue weighted by Crippen LogP contribution is 2.14. The van der Waals surface area contributed by atoms with Gasteiger partial charge in [-0.2, -0.15) is 5.10 Å². The molecule has 0 aliphatic rings. The lowest BCUT2D eigenvalue weighted by Crippen LogP contribution is -2.31. The monoisotopic (exact) mass is 318 g/mol. The minimum atomic E-state index is 0.551. The van der Waals surface area contributed by atoms with Gasteiger partial charge in [-0.3, -0.25) is 4.68 Å². The molecule has 2 aromatic rings. The van der Waals surface area contributed by atoms with Gasteiger partial charge in [-0.1, -0.05) is 26.0 Å². The Balaban J connectivity index is 1.92. The van der Waals surface area contributed by atoms with Crippen LogP contribution in [0.15, 0.2) is 36.7 Å². The second-order valence-corrected chi connectivity index (χ2v) is 5.92. The summed E-state index contributed by atoms with van der Waals surface area (Å²) in [6.07, 6.45) is 3.70. The molecule has 1 aromatic heterocycles. The van der Waals surface area contributed by atoms with E-state index in [0.717, 1.165) is 23.5 Å². The second kappa shape index (κ2) is 7.79. The van der Waals surface area contributed by atoms with Gasteiger partial charge in [0.1, 0.15) is 5.75 Å². The summed E-state index contributed by atoms with van der Waals surface area (Å²) in [7, 11) is 1.67. The maximum absolute atomic E-state index is 5.25. The molecule has 0 spiro atoms. The van der Waals surface area contributed by atoms with E-state index in [2.05, 4.69) is 29.6 Å². The van der Waals surface area contributed by atoms with Crippen LogP contribution in [0.5, 0.6) is 5.75 Å². The van der Waals surface area contributed by atoms with Crippen LogP contribution in [0.4, 0.5) is 5.69 Å². The van der Waals surface area contributed by atoms with Crippen molar-refractivity contribution < 1.29 is 4.74 Å². The number of aromatic nitrogens is 2. The summed E-state index contributed by atoms with van der Waals surface area (Å²) < 4.78 is 7.09. The SMILES string of the molecule is COc1cccc(Cn2cc(NC(=S)NCC(C)C)cn2)c1. The highest BCUT2D eigenvalue weighted by atomic mass is 32.1. The van der Waals surface area contributed by atoms with E-state index in [-0.39, 0.29) is 0 Å². The normalized spacial score (nSPS) is 10.5. The molecule has 0 saturated heterocycles. The number of rotatable bonds is 6. The van der Waals surface area contributed by atoms with Crippen molar-refractivity contribution in [3.63, 3.8) is 0 Å². The third-order valence-corrected chi connectivity index (χ3v) is 3.29. The Morgan fingerprint density at radius 1 is 1.41 bits per heavy atom. The third-order valence-electron chi connectivity index (χ3n) is 3.04. The molecule has 1 aromatic carbocycles. The predicted molar refractivity (Wildman–Crippen MR) is 93.4 cm³/mol. The van der Waals surface area contributed by atoms with E-state index in [1.54, 1.807) is 13.3 Å². The quantitative estimate of drug-likeness (QED) is 0.802. The fourth-order valence-corrected chi connectivity index (χ4v) is 2.15. The highest BCUT2D eigenvalue weighted by Gasteiger charge is 2.03. The van der Waals surface area contributed by atoms with Crippen LogP contribution >= 0.6 is 12.2 Å². The maximum atomic E-state index is 5.25. The number of nitrogens with one attached hydrogen (secondary N) is 2. The minimum absolute atomic E-state index is 0.551. The molecule has 0 saturated carbocycles. The summed E-state index contributed by atoms with van der Waals surface area (Å²) in [4.78, 5) is 0. The Morgan fingerprint density at radius 3 is 2.95 bits per heavy atom. The first-order chi connectivity index (χ1) is 10.6. The van der Waals surface area contributed by atoms with E-state index in [1.165, 1.54) is 0 Å². The predicted octanol–water partition coefficient (Wildman–Crippen LogP) is 2.88. The van der Waals surface area contributed by atoms with Gasteiger partial charge < -0.3 is 15.4 Å². The number of ether oxygens (including phenoxy) is 1. The lowest BCUT2D eigenvalue weighted by molar-refractivity contribution is 0.414. The van der Waals surface area contributed by atoms with Crippen molar-refractivity contribution >= 4 is 23.0 Å². The number of methoxy groups -OCH3 is 1. The van der Waals surface area contributed by atoms with Gasteiger partial charge in [-0.15, -0.1) is 0 Å². The largest absolute Gasteiger partial charge is 0.497 e. The van der Waals surface area contributed by atoms with Gasteiger partial charge in [0.2, 0.25) is 0 Å². The van der Waals surface area contributed by atoms with Crippen LogP contribution in [0.1, 0.15) is 19.4 Å². The van der Waals surface area contributed by atoms with Crippen molar-refractivity contribution in [1.29, 1.82) is 0 Å². The van der Waals surface area contributed by atoms with Gasteiger partial charge in [0.05, 0.1) is 25.5 Å². The Labute approximate surface area is 136 Å². The number of hydrogen-bond acceptors (Lipinski definition) is 3. The standard InChI is InChI=1S/C16H22N4OS/c1-12(2)8-17-16(22)19-14-9-18-20(11-14)10-13-5-4-6-15(7-13)21-3/h4-7,9,11-12H,8,10H2,1-3H3,(H2,17,19,22). The second-order valence-electron chi connectivity index (χ2n) is 5.51. The van der Waals surface area contributed by atoms with Crippen molar-refractivity contribution in [1.82, 2.24) is 15.1 Å². The zero-order valence-corrected chi connectivity index (χ0v) is 14.0. The van der Waals surface area contributed by atoms with E-state index in [9.17, 15) is 0 Å². The Kier molecular flexibility index (Phi) is 5.77. The van der Waals surface area contributed by atoms with Crippen LogP contribution in [-0.4, -0.2) is 28.5 Å². The molecule has 118 valence electrons. The third kappa shape index (κ3) is 5.04. The summed E-state index contributed by atoms with van der Waals surface area (Å²) in [6.45, 7) is 5.82. The molecule has 0 atom stereocenters. The first kappa shape index (κ1) is 16.3. The Bertz CT molecular complexity index is 624. The number of hydrogen-bond donors (Lipinski definition) is 2. The maximum Gasteiger partial charge on any atom is 0.170 e. The van der Waals surface area contributed by atoms with Crippen LogP contribution in [0, 0.1) is 5.92 Å². The average molecular weight is 318 g/mol. The first-order valence-electron chi connectivity index (χ1n) is 7.27. The molecule has 1 heterocycles. The molecule has 22 heavy (non-hydrogen) atoms. The van der Waals surface area contributed by atoms with Crippen molar-refractivity contribution in [3.8, 4) is 5.75 Å². The smallest absolute Gasteiger partial charge is 0.170 e. The van der Waals surface area contributed by atoms with Crippen LogP contribution in [-0.2, 0) is 6.54 Å². The molecule has 2 N–H and O–H groups in total. The fraction of sp³-hybridized carbons (Fsp3) is 0.375. The van der Waals surface area contributed by atoms with Gasteiger partial charge >= 0.3 is 0 Å². The van der Waals surface area contributed by atoms with E-state index < -0.39 is 0 Å². The van der Waals surface area contributed by atoms with Crippen LogP contribution in [0.25, 0.3) is 0 Å². The Morgan fingerprint density at radius 2 is 2.23 bits per heavy atom. The summed E-state index contributed by atoms with van der Waals surface area (Å²) >= 11 is 5.25. The lowest BCUT2D eigenvalue weighted by atomic mass is 10.2. The molecule has 0 radical (unpaired) electrons. The molecule has 6 heteroatoms. The summed E-state index contributed by atoms with van der Waals surface area (Å²) in [5, 5.41) is 11.3. The molecule has 2 rings (SSSR count). The van der Waals surface area contributed by atoms with Crippen molar-refractivity contribution in [2.45, 2.75) is 20.4 Å². The minimum Gasteiger partial charge on any atom is -0.497 e. The zero-order valence-electron chi connectivity index (χ0n) is 13.2. The topological polar surface area (TPSA) is 51.1 Å². The molecule has 0 aliphatic heterocycles.